The van der Waals surface area contributed by atoms with Crippen LogP contribution in [0.25, 0.3) is 0 Å². The highest BCUT2D eigenvalue weighted by Crippen LogP contribution is 2.52. The van der Waals surface area contributed by atoms with Crippen LogP contribution < -0.4 is 14.2 Å². The molecule has 0 aromatic heterocycles. The molecule has 6 nitrogen and oxygen atoms in total. The number of carbonyl (C=O) groups excluding carboxylic acids is 3. The van der Waals surface area contributed by atoms with Gasteiger partial charge < -0.3 is 14.2 Å². The first-order valence-corrected chi connectivity index (χ1v) is 7.47. The number of benzene rings is 1. The van der Waals surface area contributed by atoms with Gasteiger partial charge in [0.05, 0.1) is 20.6 Å². The second-order valence-corrected chi connectivity index (χ2v) is 6.09. The van der Waals surface area contributed by atoms with Crippen molar-refractivity contribution in [1.29, 1.82) is 0 Å². The lowest BCUT2D eigenvalue weighted by atomic mass is 9.72. The highest BCUT2D eigenvalue weighted by molar-refractivity contribution is 6.36. The molecule has 2 aliphatic rings. The van der Waals surface area contributed by atoms with Crippen LogP contribution in [-0.4, -0.2) is 37.2 Å². The van der Waals surface area contributed by atoms with Gasteiger partial charge in [-0.15, -0.1) is 0 Å². The molecule has 0 N–H and O–H groups in total. The van der Waals surface area contributed by atoms with Gasteiger partial charge in [0.1, 0.15) is 27.9 Å². The van der Waals surface area contributed by atoms with E-state index < -0.39 is 23.1 Å². The number of Topliss-reactive ketones (excluding diaryl/α,β-unsaturated/α-hetero) is 3. The Morgan fingerprint density at radius 2 is 1.87 bits per heavy atom. The Morgan fingerprint density at radius 1 is 1.22 bits per heavy atom. The van der Waals surface area contributed by atoms with Gasteiger partial charge in [-0.25, -0.2) is 0 Å². The van der Waals surface area contributed by atoms with Crippen molar-refractivity contribution in [2.45, 2.75) is 25.4 Å². The minimum Gasteiger partial charge on any atom is -0.496 e. The SMILES string of the molecule is COc1cc(OC)c2c(c1Cl)O[C@@]1(C(=O)CC(=O)C[C@H]1C)C2=O. The quantitative estimate of drug-likeness (QED) is 0.769. The molecule has 122 valence electrons. The fraction of sp³-hybridized carbons (Fsp3) is 0.438. The average molecular weight is 339 g/mol. The normalized spacial score (nSPS) is 26.3. The standard InChI is InChI=1S/C16H15ClO6/c1-7-4-8(18)5-11(19)16(7)15(20)12-9(21-2)6-10(22-3)13(17)14(12)23-16/h6-7H,4-5H2,1-3H3/t7-,16+/m1/s1. The number of hydrogen-bond donors (Lipinski definition) is 0. The van der Waals surface area contributed by atoms with Gasteiger partial charge in [-0.1, -0.05) is 18.5 Å². The molecule has 3 rings (SSSR count). The van der Waals surface area contributed by atoms with Crippen LogP contribution in [0.2, 0.25) is 5.02 Å². The molecule has 2 atom stereocenters. The predicted octanol–water partition coefficient (Wildman–Crippen LogP) is 2.24. The minimum atomic E-state index is -1.71. The highest BCUT2D eigenvalue weighted by Gasteiger charge is 2.61. The van der Waals surface area contributed by atoms with Crippen LogP contribution in [0.3, 0.4) is 0 Å². The van der Waals surface area contributed by atoms with Crippen molar-refractivity contribution in [2.75, 3.05) is 14.2 Å². The zero-order valence-electron chi connectivity index (χ0n) is 12.9. The largest absolute Gasteiger partial charge is 0.496 e. The van der Waals surface area contributed by atoms with Crippen LogP contribution in [0.1, 0.15) is 30.1 Å². The maximum absolute atomic E-state index is 13.0. The fourth-order valence-corrected chi connectivity index (χ4v) is 3.52. The zero-order valence-corrected chi connectivity index (χ0v) is 13.7. The smallest absolute Gasteiger partial charge is 0.232 e. The Labute approximate surface area is 137 Å². The average Bonchev–Trinajstić information content (AvgIpc) is 2.82. The zero-order chi connectivity index (χ0) is 16.9. The summed E-state index contributed by atoms with van der Waals surface area (Å²) in [5, 5.41) is 0.102. The molecular weight excluding hydrogens is 324 g/mol. The number of hydrogen-bond acceptors (Lipinski definition) is 6. The molecule has 0 bridgehead atoms. The Kier molecular flexibility index (Phi) is 3.59. The Hall–Kier alpha value is -2.08. The first-order valence-electron chi connectivity index (χ1n) is 7.10. The molecule has 1 aromatic rings. The van der Waals surface area contributed by atoms with Crippen molar-refractivity contribution < 1.29 is 28.6 Å². The van der Waals surface area contributed by atoms with Crippen molar-refractivity contribution in [3.63, 3.8) is 0 Å². The molecule has 1 spiro atoms. The van der Waals surface area contributed by atoms with E-state index in [2.05, 4.69) is 0 Å². The molecule has 1 saturated carbocycles. The van der Waals surface area contributed by atoms with Gasteiger partial charge >= 0.3 is 0 Å². The molecule has 1 aliphatic heterocycles. The molecule has 1 fully saturated rings. The van der Waals surface area contributed by atoms with Crippen LogP contribution in [0.4, 0.5) is 0 Å². The molecular formula is C16H15ClO6. The maximum atomic E-state index is 13.0. The van der Waals surface area contributed by atoms with E-state index in [1.165, 1.54) is 20.3 Å². The summed E-state index contributed by atoms with van der Waals surface area (Å²) in [7, 11) is 2.82. The molecule has 0 amide bonds. The van der Waals surface area contributed by atoms with Crippen molar-refractivity contribution >= 4 is 29.0 Å². The summed E-state index contributed by atoms with van der Waals surface area (Å²) in [5.41, 5.74) is -1.59. The molecule has 0 unspecified atom stereocenters. The summed E-state index contributed by atoms with van der Waals surface area (Å²) >= 11 is 6.24. The Morgan fingerprint density at radius 3 is 2.43 bits per heavy atom. The van der Waals surface area contributed by atoms with Crippen LogP contribution in [-0.2, 0) is 9.59 Å². The summed E-state index contributed by atoms with van der Waals surface area (Å²) in [4.78, 5) is 37.1. The van der Waals surface area contributed by atoms with Crippen LogP contribution in [0.15, 0.2) is 6.07 Å². The van der Waals surface area contributed by atoms with E-state index in [-0.39, 0.29) is 46.5 Å². The molecule has 1 aromatic carbocycles. The first kappa shape index (κ1) is 15.8. The van der Waals surface area contributed by atoms with Gasteiger partial charge in [-0.3, -0.25) is 14.4 Å². The lowest BCUT2D eigenvalue weighted by Crippen LogP contribution is -2.57. The van der Waals surface area contributed by atoms with Gasteiger partial charge in [0.2, 0.25) is 11.4 Å². The van der Waals surface area contributed by atoms with Crippen molar-refractivity contribution in [2.24, 2.45) is 5.92 Å². The molecule has 1 aliphatic carbocycles. The predicted molar refractivity (Wildman–Crippen MR) is 80.7 cm³/mol. The lowest BCUT2D eigenvalue weighted by Gasteiger charge is -2.34. The second-order valence-electron chi connectivity index (χ2n) is 5.71. The highest BCUT2D eigenvalue weighted by atomic mass is 35.5. The number of ketones is 3. The third-order valence-corrected chi connectivity index (χ3v) is 4.78. The Bertz CT molecular complexity index is 741. The summed E-state index contributed by atoms with van der Waals surface area (Å²) in [5.74, 6) is -1.26. The van der Waals surface area contributed by atoms with Gasteiger partial charge in [0.15, 0.2) is 11.5 Å². The van der Waals surface area contributed by atoms with Gasteiger partial charge in [0.25, 0.3) is 0 Å². The maximum Gasteiger partial charge on any atom is 0.232 e. The summed E-state index contributed by atoms with van der Waals surface area (Å²) in [6.07, 6.45) is -0.219. The van der Waals surface area contributed by atoms with Crippen LogP contribution in [0.5, 0.6) is 17.2 Å². The minimum absolute atomic E-state index is 0.0717. The lowest BCUT2D eigenvalue weighted by molar-refractivity contribution is -0.143. The van der Waals surface area contributed by atoms with Gasteiger partial charge in [-0.05, 0) is 0 Å². The third-order valence-electron chi connectivity index (χ3n) is 4.42. The third kappa shape index (κ3) is 1.97. The number of carbonyl (C=O) groups is 3. The van der Waals surface area contributed by atoms with Crippen LogP contribution >= 0.6 is 11.6 Å². The summed E-state index contributed by atoms with van der Waals surface area (Å²) in [6.45, 7) is 1.65. The monoisotopic (exact) mass is 338 g/mol. The van der Waals surface area contributed by atoms with Gasteiger partial charge in [-0.2, -0.15) is 0 Å². The molecule has 0 saturated heterocycles. The second kappa shape index (κ2) is 5.23. The summed E-state index contributed by atoms with van der Waals surface area (Å²) in [6, 6.07) is 1.48. The van der Waals surface area contributed by atoms with E-state index in [1.807, 2.05) is 0 Å². The number of halogens is 1. The van der Waals surface area contributed by atoms with Crippen molar-refractivity contribution in [3.8, 4) is 17.2 Å². The number of methoxy groups -OCH3 is 2. The van der Waals surface area contributed by atoms with Gasteiger partial charge in [0, 0.05) is 18.4 Å². The van der Waals surface area contributed by atoms with Crippen molar-refractivity contribution in [1.82, 2.24) is 0 Å². The Balaban J connectivity index is 2.21. The van der Waals surface area contributed by atoms with E-state index in [4.69, 9.17) is 25.8 Å². The number of rotatable bonds is 2. The molecule has 7 heteroatoms. The molecule has 0 radical (unpaired) electrons. The van der Waals surface area contributed by atoms with E-state index in [0.717, 1.165) is 0 Å². The number of fused-ring (bicyclic) bond motifs is 1. The van der Waals surface area contributed by atoms with E-state index in [1.54, 1.807) is 6.92 Å². The van der Waals surface area contributed by atoms with E-state index >= 15 is 0 Å². The number of ether oxygens (including phenoxy) is 3. The topological polar surface area (TPSA) is 78.9 Å². The fourth-order valence-electron chi connectivity index (χ4n) is 3.25. The molecule has 1 heterocycles. The molecule has 23 heavy (non-hydrogen) atoms. The van der Waals surface area contributed by atoms with Crippen molar-refractivity contribution in [3.05, 3.63) is 16.7 Å². The van der Waals surface area contributed by atoms with Crippen LogP contribution in [0, 0.1) is 5.92 Å². The first-order chi connectivity index (χ1) is 10.9. The van der Waals surface area contributed by atoms with E-state index in [9.17, 15) is 14.4 Å². The van der Waals surface area contributed by atoms with E-state index in [0.29, 0.717) is 0 Å². The summed E-state index contributed by atoms with van der Waals surface area (Å²) < 4.78 is 16.2.